The lowest BCUT2D eigenvalue weighted by Gasteiger charge is -2.21. The molecule has 0 heterocycles. The molecule has 0 aliphatic carbocycles. The van der Waals surface area contributed by atoms with Gasteiger partial charge in [0.1, 0.15) is 11.6 Å². The van der Waals surface area contributed by atoms with Gasteiger partial charge in [0.15, 0.2) is 0 Å². The number of amides is 2. The summed E-state index contributed by atoms with van der Waals surface area (Å²) in [5, 5.41) is 14.3. The highest BCUT2D eigenvalue weighted by Gasteiger charge is 2.15. The minimum absolute atomic E-state index is 0.0420. The topological polar surface area (TPSA) is 70.6 Å². The van der Waals surface area contributed by atoms with E-state index in [9.17, 15) is 9.18 Å². The van der Waals surface area contributed by atoms with Gasteiger partial charge >= 0.3 is 6.03 Å². The third kappa shape index (κ3) is 7.32. The number of rotatable bonds is 8. The van der Waals surface area contributed by atoms with Crippen LogP contribution in [-0.2, 0) is 0 Å². The Kier molecular flexibility index (Phi) is 7.29. The van der Waals surface area contributed by atoms with Gasteiger partial charge in [-0.05, 0) is 44.2 Å². The third-order valence-corrected chi connectivity index (χ3v) is 3.30. The number of nitrogens with one attached hydrogen (secondary N) is 2. The van der Waals surface area contributed by atoms with Crippen LogP contribution < -0.4 is 15.4 Å². The van der Waals surface area contributed by atoms with Gasteiger partial charge in [-0.2, -0.15) is 0 Å². The van der Waals surface area contributed by atoms with Crippen molar-refractivity contribution in [1.29, 1.82) is 0 Å². The van der Waals surface area contributed by atoms with Crippen LogP contribution >= 0.6 is 0 Å². The van der Waals surface area contributed by atoms with Gasteiger partial charge in [0.05, 0.1) is 11.8 Å². The van der Waals surface area contributed by atoms with Crippen LogP contribution in [0.5, 0.6) is 5.75 Å². The monoisotopic (exact) mass is 326 g/mol. The van der Waals surface area contributed by atoms with Crippen molar-refractivity contribution >= 4 is 11.7 Å². The van der Waals surface area contributed by atoms with E-state index in [1.165, 1.54) is 12.1 Å². The van der Waals surface area contributed by atoms with E-state index in [1.54, 1.807) is 6.07 Å². The molecule has 2 amide bonds. The molecule has 0 saturated heterocycles. The minimum Gasteiger partial charge on any atom is -0.491 e. The second-order valence-corrected chi connectivity index (χ2v) is 6.62. The van der Waals surface area contributed by atoms with Gasteiger partial charge in [-0.15, -0.1) is 0 Å². The maximum Gasteiger partial charge on any atom is 0.319 e. The van der Waals surface area contributed by atoms with Crippen LogP contribution in [0.1, 0.15) is 40.5 Å². The number of aliphatic hydroxyl groups excluding tert-OH is 1. The number of benzene rings is 1. The summed E-state index contributed by atoms with van der Waals surface area (Å²) in [5.74, 6) is -0.116. The number of ether oxygens (including phenoxy) is 1. The van der Waals surface area contributed by atoms with Gasteiger partial charge in [0, 0.05) is 19.2 Å². The summed E-state index contributed by atoms with van der Waals surface area (Å²) < 4.78 is 19.3. The van der Waals surface area contributed by atoms with Crippen molar-refractivity contribution in [3.8, 4) is 5.75 Å². The van der Waals surface area contributed by atoms with Gasteiger partial charge in [0.2, 0.25) is 0 Å². The average molecular weight is 326 g/mol. The van der Waals surface area contributed by atoms with Crippen LogP contribution in [0.2, 0.25) is 0 Å². The summed E-state index contributed by atoms with van der Waals surface area (Å²) in [4.78, 5) is 11.8. The number of hydrogen-bond acceptors (Lipinski definition) is 3. The Morgan fingerprint density at radius 1 is 1.39 bits per heavy atom. The van der Waals surface area contributed by atoms with Gasteiger partial charge < -0.3 is 20.5 Å². The standard InChI is InChI=1S/C17H27FN2O3/c1-12(2)23-13-6-7-15(14(18)10-13)20-16(22)19-9-5-8-17(3,4)11-21/h6-7,10,12,21H,5,8-9,11H2,1-4H3,(H2,19,20,22). The Bertz CT molecular complexity index is 519. The quantitative estimate of drug-likeness (QED) is 0.640. The number of anilines is 1. The van der Waals surface area contributed by atoms with Crippen molar-refractivity contribution in [2.24, 2.45) is 5.41 Å². The molecular formula is C17H27FN2O3. The van der Waals surface area contributed by atoms with E-state index >= 15 is 0 Å². The summed E-state index contributed by atoms with van der Waals surface area (Å²) >= 11 is 0. The second-order valence-electron chi connectivity index (χ2n) is 6.62. The summed E-state index contributed by atoms with van der Waals surface area (Å²) in [6.45, 7) is 8.21. The normalized spacial score (nSPS) is 11.4. The summed E-state index contributed by atoms with van der Waals surface area (Å²) in [5.41, 5.74) is -0.0504. The van der Waals surface area contributed by atoms with Gasteiger partial charge in [-0.1, -0.05) is 13.8 Å². The molecule has 0 atom stereocenters. The third-order valence-electron chi connectivity index (χ3n) is 3.30. The molecule has 23 heavy (non-hydrogen) atoms. The number of hydrogen-bond donors (Lipinski definition) is 3. The zero-order chi connectivity index (χ0) is 17.5. The molecule has 0 spiro atoms. The number of aliphatic hydroxyl groups is 1. The molecule has 5 nitrogen and oxygen atoms in total. The molecule has 0 fully saturated rings. The smallest absolute Gasteiger partial charge is 0.319 e. The zero-order valence-corrected chi connectivity index (χ0v) is 14.3. The van der Waals surface area contributed by atoms with Crippen molar-refractivity contribution in [2.75, 3.05) is 18.5 Å². The molecule has 1 aromatic rings. The van der Waals surface area contributed by atoms with Crippen molar-refractivity contribution in [3.05, 3.63) is 24.0 Å². The molecular weight excluding hydrogens is 299 g/mol. The molecule has 0 unspecified atom stereocenters. The summed E-state index contributed by atoms with van der Waals surface area (Å²) in [6.07, 6.45) is 1.49. The van der Waals surface area contributed by atoms with Gasteiger partial charge in [-0.3, -0.25) is 0 Å². The fourth-order valence-corrected chi connectivity index (χ4v) is 1.96. The number of urea groups is 1. The van der Waals surface area contributed by atoms with Crippen LogP contribution in [0.3, 0.4) is 0 Å². The van der Waals surface area contributed by atoms with Gasteiger partial charge in [-0.25, -0.2) is 9.18 Å². The summed E-state index contributed by atoms with van der Waals surface area (Å²) in [6, 6.07) is 3.88. The lowest BCUT2D eigenvalue weighted by Crippen LogP contribution is -2.30. The highest BCUT2D eigenvalue weighted by molar-refractivity contribution is 5.89. The van der Waals surface area contributed by atoms with Crippen molar-refractivity contribution in [2.45, 2.75) is 46.6 Å². The van der Waals surface area contributed by atoms with E-state index in [0.717, 1.165) is 12.8 Å². The van der Waals surface area contributed by atoms with Crippen LogP contribution in [0.4, 0.5) is 14.9 Å². The SMILES string of the molecule is CC(C)Oc1ccc(NC(=O)NCCCC(C)(C)CO)c(F)c1. The maximum absolute atomic E-state index is 13.9. The van der Waals surface area contributed by atoms with Crippen molar-refractivity contribution < 1.29 is 19.0 Å². The zero-order valence-electron chi connectivity index (χ0n) is 14.3. The number of carbonyl (C=O) groups is 1. The van der Waals surface area contributed by atoms with Crippen molar-refractivity contribution in [1.82, 2.24) is 5.32 Å². The molecule has 0 radical (unpaired) electrons. The second kappa shape index (κ2) is 8.72. The van der Waals surface area contributed by atoms with E-state index in [2.05, 4.69) is 10.6 Å². The molecule has 130 valence electrons. The summed E-state index contributed by atoms with van der Waals surface area (Å²) in [7, 11) is 0. The van der Waals surface area contributed by atoms with E-state index in [1.807, 2.05) is 27.7 Å². The molecule has 0 saturated carbocycles. The maximum atomic E-state index is 13.9. The van der Waals surface area contributed by atoms with E-state index in [0.29, 0.717) is 12.3 Å². The van der Waals surface area contributed by atoms with Gasteiger partial charge in [0.25, 0.3) is 0 Å². The minimum atomic E-state index is -0.542. The first-order valence-electron chi connectivity index (χ1n) is 7.85. The molecule has 0 aliphatic rings. The first-order chi connectivity index (χ1) is 10.7. The average Bonchev–Trinajstić information content (AvgIpc) is 2.46. The van der Waals surface area contributed by atoms with Crippen LogP contribution in [0, 0.1) is 11.2 Å². The molecule has 1 aromatic carbocycles. The predicted octanol–water partition coefficient (Wildman–Crippen LogP) is 3.53. The highest BCUT2D eigenvalue weighted by atomic mass is 19.1. The van der Waals surface area contributed by atoms with E-state index in [-0.39, 0.29) is 23.8 Å². The lowest BCUT2D eigenvalue weighted by atomic mass is 9.89. The van der Waals surface area contributed by atoms with Crippen LogP contribution in [-0.4, -0.2) is 30.4 Å². The fourth-order valence-electron chi connectivity index (χ4n) is 1.96. The van der Waals surface area contributed by atoms with Crippen LogP contribution in [0.15, 0.2) is 18.2 Å². The highest BCUT2D eigenvalue weighted by Crippen LogP contribution is 2.22. The Labute approximate surface area is 137 Å². The van der Waals surface area contributed by atoms with Crippen LogP contribution in [0.25, 0.3) is 0 Å². The fraction of sp³-hybridized carbons (Fsp3) is 0.588. The molecule has 3 N–H and O–H groups in total. The Morgan fingerprint density at radius 3 is 2.65 bits per heavy atom. The first-order valence-corrected chi connectivity index (χ1v) is 7.85. The Balaban J connectivity index is 2.42. The number of halogens is 1. The number of carbonyl (C=O) groups excluding carboxylic acids is 1. The van der Waals surface area contributed by atoms with E-state index in [4.69, 9.17) is 9.84 Å². The molecule has 0 bridgehead atoms. The molecule has 1 rings (SSSR count). The lowest BCUT2D eigenvalue weighted by molar-refractivity contribution is 0.148. The first kappa shape index (κ1) is 19.2. The largest absolute Gasteiger partial charge is 0.491 e. The molecule has 6 heteroatoms. The molecule has 0 aliphatic heterocycles. The molecule has 0 aromatic heterocycles. The Hall–Kier alpha value is -1.82. The predicted molar refractivity (Wildman–Crippen MR) is 89.3 cm³/mol. The van der Waals surface area contributed by atoms with Crippen molar-refractivity contribution in [3.63, 3.8) is 0 Å². The van der Waals surface area contributed by atoms with E-state index < -0.39 is 11.8 Å². The Morgan fingerprint density at radius 2 is 2.09 bits per heavy atom.